The number of hydrogen-bond donors (Lipinski definition) is 4. The fraction of sp³-hybridized carbons (Fsp3) is 0.574. The number of aryl methyl sites for hydroxylation is 1. The zero-order valence-electron chi connectivity index (χ0n) is 40.8. The van der Waals surface area contributed by atoms with Crippen molar-refractivity contribution in [3.8, 4) is 0 Å². The number of carbonyl (C=O) groups is 1. The predicted octanol–water partition coefficient (Wildman–Crippen LogP) is 12.8. The molecule has 0 saturated heterocycles. The van der Waals surface area contributed by atoms with E-state index in [-0.39, 0.29) is 24.5 Å². The summed E-state index contributed by atoms with van der Waals surface area (Å²) in [5, 5.41) is 16.2. The fourth-order valence-corrected chi connectivity index (χ4v) is 7.47. The maximum absolute atomic E-state index is 12.6. The molecule has 2 rings (SSSR count). The van der Waals surface area contributed by atoms with Gasteiger partial charge in [0.1, 0.15) is 5.82 Å². The molecule has 0 aliphatic rings. The van der Waals surface area contributed by atoms with Crippen molar-refractivity contribution < 1.29 is 9.90 Å². The molecule has 344 valence electrons. The van der Waals surface area contributed by atoms with Gasteiger partial charge in [-0.15, -0.1) is 0 Å². The van der Waals surface area contributed by atoms with Gasteiger partial charge < -0.3 is 26.4 Å². The lowest BCUT2D eigenvalue weighted by molar-refractivity contribution is -0.121. The lowest BCUT2D eigenvalue weighted by atomic mass is 10.0. The fourth-order valence-electron chi connectivity index (χ4n) is 7.47. The van der Waals surface area contributed by atoms with E-state index in [1.54, 1.807) is 0 Å². The number of amides is 1. The van der Waals surface area contributed by atoms with Crippen molar-refractivity contribution in [3.05, 3.63) is 117 Å². The highest BCUT2D eigenvalue weighted by atomic mass is 16.3. The van der Waals surface area contributed by atoms with Crippen LogP contribution in [0.4, 0.5) is 11.8 Å². The van der Waals surface area contributed by atoms with Gasteiger partial charge >= 0.3 is 0 Å². The first-order chi connectivity index (χ1) is 29.7. The molecule has 8 heteroatoms. The van der Waals surface area contributed by atoms with Crippen molar-refractivity contribution in [2.24, 2.45) is 0 Å². The Morgan fingerprint density at radius 1 is 0.710 bits per heavy atom. The number of aliphatic hydroxyl groups excluding tert-OH is 1. The number of aliphatic hydroxyl groups is 1. The van der Waals surface area contributed by atoms with Gasteiger partial charge in [-0.25, -0.2) is 4.98 Å². The van der Waals surface area contributed by atoms with Gasteiger partial charge in [0.2, 0.25) is 11.9 Å². The van der Waals surface area contributed by atoms with Crippen LogP contribution < -0.4 is 16.4 Å². The first kappa shape index (κ1) is 53.9. The number of aromatic nitrogens is 2. The molecule has 0 aliphatic heterocycles. The molecule has 0 spiro atoms. The predicted molar refractivity (Wildman–Crippen MR) is 267 cm³/mol. The van der Waals surface area contributed by atoms with E-state index in [4.69, 9.17) is 5.73 Å². The number of benzene rings is 1. The molecule has 1 amide bonds. The summed E-state index contributed by atoms with van der Waals surface area (Å²) in [5.74, 6) is 1.12. The minimum Gasteiger partial charge on any atom is -0.396 e. The summed E-state index contributed by atoms with van der Waals surface area (Å²) in [6, 6.07) is 8.78. The average Bonchev–Trinajstić information content (AvgIpc) is 3.20. The molecule has 0 saturated carbocycles. The first-order valence-corrected chi connectivity index (χ1v) is 23.6. The van der Waals surface area contributed by atoms with Crippen LogP contribution in [-0.2, 0) is 17.8 Å². The summed E-state index contributed by atoms with van der Waals surface area (Å²) >= 11 is 0. The van der Waals surface area contributed by atoms with Gasteiger partial charge in [0.15, 0.2) is 0 Å². The van der Waals surface area contributed by atoms with E-state index in [2.05, 4.69) is 149 Å². The summed E-state index contributed by atoms with van der Waals surface area (Å²) in [4.78, 5) is 23.8. The molecule has 0 fully saturated rings. The van der Waals surface area contributed by atoms with Crippen LogP contribution in [0.1, 0.15) is 174 Å². The van der Waals surface area contributed by atoms with Gasteiger partial charge in [0.25, 0.3) is 0 Å². The average molecular weight is 851 g/mol. The normalized spacial score (nSPS) is 13.5. The molecule has 8 nitrogen and oxygen atoms in total. The molecule has 1 heterocycles. The molecular weight excluding hydrogens is 765 g/mol. The second kappa shape index (κ2) is 31.6. The van der Waals surface area contributed by atoms with Crippen LogP contribution in [0.5, 0.6) is 0 Å². The quantitative estimate of drug-likeness (QED) is 0.0441. The Labute approximate surface area is 378 Å². The molecule has 0 bridgehead atoms. The molecule has 1 aromatic carbocycles. The highest BCUT2D eigenvalue weighted by Crippen LogP contribution is 2.24. The summed E-state index contributed by atoms with van der Waals surface area (Å²) in [7, 11) is 2.09. The maximum atomic E-state index is 12.6. The second-order valence-electron chi connectivity index (χ2n) is 18.0. The van der Waals surface area contributed by atoms with Gasteiger partial charge in [-0.1, -0.05) is 108 Å². The molecular formula is C54H86N6O2. The van der Waals surface area contributed by atoms with Crippen LogP contribution in [-0.4, -0.2) is 58.7 Å². The van der Waals surface area contributed by atoms with Gasteiger partial charge in [-0.05, 0) is 157 Å². The Morgan fingerprint density at radius 2 is 1.21 bits per heavy atom. The highest BCUT2D eigenvalue weighted by molar-refractivity contribution is 5.76. The number of nitrogens with two attached hydrogens (primary N) is 1. The SMILES string of the molecule is CCCC(CCO)Nc1nc(N)nc(C)c1Cc1ccc(CN(C)CCNC(=O)CC/C(C)=C/CC/C(C)=C/CC/C(C)=C/CC/C=C(\C)CC/C=C(\C)CCC=C(C)C)cc1. The Balaban J connectivity index is 1.64. The molecule has 1 atom stereocenters. The van der Waals surface area contributed by atoms with Crippen molar-refractivity contribution in [1.29, 1.82) is 0 Å². The van der Waals surface area contributed by atoms with E-state index in [0.717, 1.165) is 107 Å². The van der Waals surface area contributed by atoms with Crippen LogP contribution in [0.25, 0.3) is 0 Å². The van der Waals surface area contributed by atoms with Crippen molar-refractivity contribution in [3.63, 3.8) is 0 Å². The van der Waals surface area contributed by atoms with Crippen molar-refractivity contribution in [1.82, 2.24) is 20.2 Å². The Kier molecular flexibility index (Phi) is 27.4. The molecule has 1 unspecified atom stereocenters. The minimum absolute atomic E-state index is 0.110. The van der Waals surface area contributed by atoms with Crippen LogP contribution in [0.15, 0.2) is 94.2 Å². The first-order valence-electron chi connectivity index (χ1n) is 23.6. The molecule has 62 heavy (non-hydrogen) atoms. The van der Waals surface area contributed by atoms with Gasteiger partial charge in [-0.2, -0.15) is 4.98 Å². The standard InChI is InChI=1S/C54H86N6O2/c1-11-18-50(35-38-61)58-53-51(47(9)57-54(55)59-53)39-48-30-32-49(33-31-48)40-60(10)37-36-56-52(62)34-29-46(8)28-17-27-45(7)26-16-24-43(5)21-13-12-20-42(4)23-15-25-44(6)22-14-19-41(2)3/h19-21,25-26,28,30-33,50,61H,11-18,22-24,27,29,34-40H2,1-10H3,(H,56,62)(H3,55,57,58,59)/b42-20+,43-21+,44-25+,45-26+,46-28+. The Bertz CT molecular complexity index is 1790. The summed E-state index contributed by atoms with van der Waals surface area (Å²) in [6.07, 6.45) is 30.1. The molecule has 5 N–H and O–H groups in total. The monoisotopic (exact) mass is 851 g/mol. The third-order valence-electron chi connectivity index (χ3n) is 11.4. The lowest BCUT2D eigenvalue weighted by Crippen LogP contribution is -2.32. The van der Waals surface area contributed by atoms with E-state index in [0.29, 0.717) is 25.8 Å². The molecule has 1 aromatic heterocycles. The second-order valence-corrected chi connectivity index (χ2v) is 18.0. The zero-order chi connectivity index (χ0) is 45.7. The summed E-state index contributed by atoms with van der Waals surface area (Å²) in [6.45, 7) is 22.0. The minimum atomic E-state index is 0.110. The lowest BCUT2D eigenvalue weighted by Gasteiger charge is -2.21. The van der Waals surface area contributed by atoms with Crippen LogP contribution in [0.3, 0.4) is 0 Å². The zero-order valence-corrected chi connectivity index (χ0v) is 40.8. The van der Waals surface area contributed by atoms with Gasteiger partial charge in [0, 0.05) is 56.4 Å². The largest absolute Gasteiger partial charge is 0.396 e. The van der Waals surface area contributed by atoms with E-state index in [9.17, 15) is 9.90 Å². The molecule has 0 radical (unpaired) electrons. The number of hydrogen-bond acceptors (Lipinski definition) is 7. The third-order valence-corrected chi connectivity index (χ3v) is 11.4. The number of nitrogens with one attached hydrogen (secondary N) is 2. The highest BCUT2D eigenvalue weighted by Gasteiger charge is 2.16. The Morgan fingerprint density at radius 3 is 1.73 bits per heavy atom. The van der Waals surface area contributed by atoms with Gasteiger partial charge in [-0.3, -0.25) is 4.79 Å². The number of carbonyl (C=O) groups excluding carboxylic acids is 1. The van der Waals surface area contributed by atoms with E-state index >= 15 is 0 Å². The van der Waals surface area contributed by atoms with E-state index in [1.807, 2.05) is 6.92 Å². The third kappa shape index (κ3) is 25.0. The topological polar surface area (TPSA) is 116 Å². The number of likely N-dealkylation sites (N-methyl/N-ethyl adjacent to an activating group) is 1. The molecule has 0 aliphatic carbocycles. The number of nitrogens with zero attached hydrogens (tertiary/aromatic N) is 3. The van der Waals surface area contributed by atoms with Crippen molar-refractivity contribution >= 4 is 17.7 Å². The van der Waals surface area contributed by atoms with Gasteiger partial charge in [0.05, 0.1) is 0 Å². The van der Waals surface area contributed by atoms with Crippen LogP contribution in [0, 0.1) is 6.92 Å². The smallest absolute Gasteiger partial charge is 0.222 e. The maximum Gasteiger partial charge on any atom is 0.222 e. The summed E-state index contributed by atoms with van der Waals surface area (Å²) in [5.41, 5.74) is 18.9. The number of nitrogen functional groups attached to an aromatic ring is 1. The summed E-state index contributed by atoms with van der Waals surface area (Å²) < 4.78 is 0. The van der Waals surface area contributed by atoms with Crippen LogP contribution in [0.2, 0.25) is 0 Å². The van der Waals surface area contributed by atoms with Crippen molar-refractivity contribution in [2.45, 2.75) is 178 Å². The van der Waals surface area contributed by atoms with E-state index < -0.39 is 0 Å². The van der Waals surface area contributed by atoms with Crippen molar-refractivity contribution in [2.75, 3.05) is 37.8 Å². The number of rotatable bonds is 31. The number of allylic oxidation sites excluding steroid dienone is 12. The number of anilines is 2. The number of unbranched alkanes of at least 4 members (excludes halogenated alkanes) is 1. The van der Waals surface area contributed by atoms with E-state index in [1.165, 1.54) is 51.0 Å². The Hall–Kier alpha value is -4.27. The molecule has 2 aromatic rings. The van der Waals surface area contributed by atoms with Crippen LogP contribution >= 0.6 is 0 Å².